The highest BCUT2D eigenvalue weighted by molar-refractivity contribution is 7.47. The number of phosphoric acid groups is 1. The molecule has 1 rings (SSSR count). The normalized spacial score (nSPS) is 14.1. The second-order valence-corrected chi connectivity index (χ2v) is 5.02. The number of phosphoric ester groups is 1. The Morgan fingerprint density at radius 1 is 1.33 bits per heavy atom. The Balaban J connectivity index is 2.53. The molecule has 0 spiro atoms. The van der Waals surface area contributed by atoms with Gasteiger partial charge in [-0.25, -0.2) is 4.57 Å². The van der Waals surface area contributed by atoms with E-state index in [1.165, 1.54) is 24.3 Å². The molecule has 0 aliphatic rings. The SMILES string of the molecule is O=[N+]([O-])c1ccc(COP(=O)(O)OCCCl)cc1. The van der Waals surface area contributed by atoms with Gasteiger partial charge in [0.15, 0.2) is 0 Å². The average molecular weight is 296 g/mol. The summed E-state index contributed by atoms with van der Waals surface area (Å²) in [6.45, 7) is -0.288. The van der Waals surface area contributed by atoms with Gasteiger partial charge < -0.3 is 4.89 Å². The van der Waals surface area contributed by atoms with E-state index in [4.69, 9.17) is 11.6 Å². The van der Waals surface area contributed by atoms with Crippen molar-refractivity contribution in [3.05, 3.63) is 39.9 Å². The van der Waals surface area contributed by atoms with Gasteiger partial charge in [0.25, 0.3) is 5.69 Å². The first-order valence-electron chi connectivity index (χ1n) is 4.86. The maximum absolute atomic E-state index is 11.3. The van der Waals surface area contributed by atoms with Crippen molar-refractivity contribution in [3.8, 4) is 0 Å². The first-order valence-corrected chi connectivity index (χ1v) is 6.89. The predicted molar refractivity (Wildman–Crippen MR) is 64.4 cm³/mol. The molecule has 1 atom stereocenters. The average Bonchev–Trinajstić information content (AvgIpc) is 2.35. The van der Waals surface area contributed by atoms with Crippen molar-refractivity contribution >= 4 is 25.1 Å². The number of non-ortho nitro benzene ring substituents is 1. The molecule has 0 heterocycles. The third kappa shape index (κ3) is 5.12. The molecular formula is C9H11ClNO6P. The summed E-state index contributed by atoms with van der Waals surface area (Å²) in [5.41, 5.74) is 0.452. The van der Waals surface area contributed by atoms with Gasteiger partial charge >= 0.3 is 7.82 Å². The van der Waals surface area contributed by atoms with E-state index >= 15 is 0 Å². The van der Waals surface area contributed by atoms with Gasteiger partial charge in [-0.05, 0) is 17.7 Å². The maximum Gasteiger partial charge on any atom is 0.472 e. The number of nitro groups is 1. The lowest BCUT2D eigenvalue weighted by molar-refractivity contribution is -0.384. The molecule has 0 saturated carbocycles. The molecule has 100 valence electrons. The molecular weight excluding hydrogens is 285 g/mol. The Kier molecular flexibility index (Phi) is 5.71. The summed E-state index contributed by atoms with van der Waals surface area (Å²) in [5.74, 6) is 0.0748. The first-order chi connectivity index (χ1) is 8.44. The monoisotopic (exact) mass is 295 g/mol. The van der Waals surface area contributed by atoms with E-state index in [0.29, 0.717) is 5.56 Å². The Morgan fingerprint density at radius 2 is 1.94 bits per heavy atom. The number of hydrogen-bond donors (Lipinski definition) is 1. The summed E-state index contributed by atoms with van der Waals surface area (Å²) in [4.78, 5) is 19.1. The maximum atomic E-state index is 11.3. The van der Waals surface area contributed by atoms with Crippen LogP contribution < -0.4 is 0 Å². The lowest BCUT2D eigenvalue weighted by Gasteiger charge is -2.10. The summed E-state index contributed by atoms with van der Waals surface area (Å²) >= 11 is 5.30. The van der Waals surface area contributed by atoms with Crippen LogP contribution in [0.2, 0.25) is 0 Å². The summed E-state index contributed by atoms with van der Waals surface area (Å²) in [6.07, 6.45) is 0. The molecule has 1 aromatic carbocycles. The van der Waals surface area contributed by atoms with Crippen LogP contribution in [0.1, 0.15) is 5.56 Å². The Hall–Kier alpha value is -0.980. The highest BCUT2D eigenvalue weighted by Gasteiger charge is 2.20. The third-order valence-electron chi connectivity index (χ3n) is 1.87. The van der Waals surface area contributed by atoms with Crippen LogP contribution in [0.25, 0.3) is 0 Å². The van der Waals surface area contributed by atoms with Crippen LogP contribution in [0.5, 0.6) is 0 Å². The van der Waals surface area contributed by atoms with Gasteiger partial charge in [-0.1, -0.05) is 0 Å². The largest absolute Gasteiger partial charge is 0.472 e. The van der Waals surface area contributed by atoms with E-state index in [-0.39, 0.29) is 24.8 Å². The zero-order chi connectivity index (χ0) is 13.6. The van der Waals surface area contributed by atoms with E-state index in [9.17, 15) is 19.6 Å². The van der Waals surface area contributed by atoms with Crippen molar-refractivity contribution in [2.45, 2.75) is 6.61 Å². The van der Waals surface area contributed by atoms with Crippen LogP contribution in [0.15, 0.2) is 24.3 Å². The summed E-state index contributed by atoms with van der Waals surface area (Å²) in [5, 5.41) is 10.4. The lowest BCUT2D eigenvalue weighted by atomic mass is 10.2. The minimum atomic E-state index is -4.12. The molecule has 1 aromatic rings. The third-order valence-corrected chi connectivity index (χ3v) is 2.99. The zero-order valence-electron chi connectivity index (χ0n) is 9.19. The van der Waals surface area contributed by atoms with E-state index in [0.717, 1.165) is 0 Å². The fraction of sp³-hybridized carbons (Fsp3) is 0.333. The van der Waals surface area contributed by atoms with Crippen molar-refractivity contribution < 1.29 is 23.4 Å². The second kappa shape index (κ2) is 6.82. The van der Waals surface area contributed by atoms with Crippen LogP contribution >= 0.6 is 19.4 Å². The second-order valence-electron chi connectivity index (χ2n) is 3.19. The van der Waals surface area contributed by atoms with E-state index in [2.05, 4.69) is 9.05 Å². The molecule has 0 bridgehead atoms. The molecule has 0 saturated heterocycles. The van der Waals surface area contributed by atoms with Crippen molar-refractivity contribution in [2.75, 3.05) is 12.5 Å². The van der Waals surface area contributed by atoms with Gasteiger partial charge in [-0.15, -0.1) is 11.6 Å². The molecule has 0 aliphatic carbocycles. The lowest BCUT2D eigenvalue weighted by Crippen LogP contribution is -1.98. The summed E-state index contributed by atoms with van der Waals surface area (Å²) in [6, 6.07) is 5.42. The van der Waals surface area contributed by atoms with Crippen LogP contribution in [-0.2, 0) is 20.2 Å². The minimum Gasteiger partial charge on any atom is -0.302 e. The number of nitrogens with zero attached hydrogens (tertiary/aromatic N) is 1. The molecule has 0 aliphatic heterocycles. The van der Waals surface area contributed by atoms with Crippen molar-refractivity contribution in [1.82, 2.24) is 0 Å². The fourth-order valence-corrected chi connectivity index (χ4v) is 1.95. The van der Waals surface area contributed by atoms with Gasteiger partial charge in [-0.2, -0.15) is 0 Å². The molecule has 0 aromatic heterocycles. The Morgan fingerprint density at radius 3 is 2.44 bits per heavy atom. The molecule has 0 radical (unpaired) electrons. The predicted octanol–water partition coefficient (Wildman–Crippen LogP) is 2.47. The van der Waals surface area contributed by atoms with Crippen LogP contribution in [-0.4, -0.2) is 22.3 Å². The smallest absolute Gasteiger partial charge is 0.302 e. The zero-order valence-corrected chi connectivity index (χ0v) is 10.8. The quantitative estimate of drug-likeness (QED) is 0.359. The highest BCUT2D eigenvalue weighted by atomic mass is 35.5. The molecule has 7 nitrogen and oxygen atoms in total. The standard InChI is InChI=1S/C9H11ClNO6P/c10-5-6-16-18(14,15)17-7-8-1-3-9(4-2-8)11(12)13/h1-4H,5-7H2,(H,14,15). The molecule has 9 heteroatoms. The van der Waals surface area contributed by atoms with Gasteiger partial charge in [0.1, 0.15) is 0 Å². The molecule has 0 amide bonds. The van der Waals surface area contributed by atoms with Gasteiger partial charge in [0, 0.05) is 18.0 Å². The number of halogens is 1. The van der Waals surface area contributed by atoms with E-state index < -0.39 is 12.7 Å². The van der Waals surface area contributed by atoms with E-state index in [1.54, 1.807) is 0 Å². The highest BCUT2D eigenvalue weighted by Crippen LogP contribution is 2.43. The number of benzene rings is 1. The van der Waals surface area contributed by atoms with Crippen molar-refractivity contribution in [1.29, 1.82) is 0 Å². The van der Waals surface area contributed by atoms with Gasteiger partial charge in [0.05, 0.1) is 18.1 Å². The molecule has 18 heavy (non-hydrogen) atoms. The fourth-order valence-electron chi connectivity index (χ4n) is 1.06. The number of alkyl halides is 1. The minimum absolute atomic E-state index is 0.0654. The van der Waals surface area contributed by atoms with E-state index in [1.807, 2.05) is 0 Å². The van der Waals surface area contributed by atoms with Crippen LogP contribution in [0.3, 0.4) is 0 Å². The molecule has 0 fully saturated rings. The number of nitro benzene ring substituents is 1. The summed E-state index contributed by atoms with van der Waals surface area (Å²) in [7, 11) is -4.12. The number of rotatable bonds is 7. The van der Waals surface area contributed by atoms with Crippen molar-refractivity contribution in [3.63, 3.8) is 0 Å². The Bertz CT molecular complexity index is 451. The number of hydrogen-bond acceptors (Lipinski definition) is 5. The van der Waals surface area contributed by atoms with Crippen molar-refractivity contribution in [2.24, 2.45) is 0 Å². The van der Waals surface area contributed by atoms with Crippen LogP contribution in [0, 0.1) is 10.1 Å². The van der Waals surface area contributed by atoms with Gasteiger partial charge in [-0.3, -0.25) is 19.2 Å². The molecule has 1 unspecified atom stereocenters. The topological polar surface area (TPSA) is 98.9 Å². The van der Waals surface area contributed by atoms with Gasteiger partial charge in [0.2, 0.25) is 0 Å². The first kappa shape index (κ1) is 15.1. The molecule has 1 N–H and O–H groups in total. The van der Waals surface area contributed by atoms with Crippen LogP contribution in [0.4, 0.5) is 5.69 Å². The Labute approximate surface area is 108 Å². The summed E-state index contributed by atoms with van der Waals surface area (Å²) < 4.78 is 20.5.